The Labute approximate surface area is 136 Å². The number of esters is 1. The Morgan fingerprint density at radius 3 is 2.52 bits per heavy atom. The van der Waals surface area contributed by atoms with Gasteiger partial charge in [0.2, 0.25) is 0 Å². The zero-order valence-corrected chi connectivity index (χ0v) is 13.6. The summed E-state index contributed by atoms with van der Waals surface area (Å²) >= 11 is 0. The van der Waals surface area contributed by atoms with Crippen LogP contribution in [-0.2, 0) is 20.7 Å². The monoisotopic (exact) mass is 324 g/mol. The average Bonchev–Trinajstić information content (AvgIpc) is 2.47. The molecule has 0 bridgehead atoms. The molecule has 0 saturated carbocycles. The van der Waals surface area contributed by atoms with Gasteiger partial charge in [-0.2, -0.15) is 0 Å². The average molecular weight is 324 g/mol. The Hall–Kier alpha value is -2.08. The van der Waals surface area contributed by atoms with E-state index in [2.05, 4.69) is 0 Å². The van der Waals surface area contributed by atoms with E-state index >= 15 is 0 Å². The summed E-state index contributed by atoms with van der Waals surface area (Å²) in [7, 11) is 1.49. The molecule has 0 spiro atoms. The first-order valence-corrected chi connectivity index (χ1v) is 7.72. The fraction of sp³-hybridized carbons (Fsp3) is 0.529. The fourth-order valence-corrected chi connectivity index (χ4v) is 2.24. The van der Waals surface area contributed by atoms with E-state index in [9.17, 15) is 19.8 Å². The molecule has 2 N–H and O–H groups in total. The molecular weight excluding hydrogens is 300 g/mol. The zero-order valence-electron chi connectivity index (χ0n) is 13.6. The Bertz CT molecular complexity index is 538. The number of benzene rings is 1. The van der Waals surface area contributed by atoms with Gasteiger partial charge in [-0.1, -0.05) is 19.8 Å². The number of methoxy groups -OCH3 is 1. The second kappa shape index (κ2) is 9.84. The highest BCUT2D eigenvalue weighted by molar-refractivity contribution is 6.01. The van der Waals surface area contributed by atoms with Crippen molar-refractivity contribution >= 4 is 11.8 Å². The van der Waals surface area contributed by atoms with Crippen LogP contribution < -0.4 is 0 Å². The summed E-state index contributed by atoms with van der Waals surface area (Å²) in [5.74, 6) is -1.30. The Morgan fingerprint density at radius 1 is 1.13 bits per heavy atom. The zero-order chi connectivity index (χ0) is 17.2. The van der Waals surface area contributed by atoms with Gasteiger partial charge in [0.25, 0.3) is 0 Å². The summed E-state index contributed by atoms with van der Waals surface area (Å²) in [6, 6.07) is 2.41. The van der Waals surface area contributed by atoms with Crippen molar-refractivity contribution in [2.24, 2.45) is 0 Å². The van der Waals surface area contributed by atoms with Crippen molar-refractivity contribution in [2.45, 2.75) is 39.0 Å². The summed E-state index contributed by atoms with van der Waals surface area (Å²) in [5.41, 5.74) is 0.356. The number of unbranched alkanes of at least 4 members (excludes halogenated alkanes) is 2. The first-order chi connectivity index (χ1) is 11.0. The molecule has 1 rings (SSSR count). The largest absolute Gasteiger partial charge is 0.508 e. The van der Waals surface area contributed by atoms with Crippen molar-refractivity contribution in [1.29, 1.82) is 0 Å². The molecule has 1 aromatic carbocycles. The van der Waals surface area contributed by atoms with Gasteiger partial charge in [-0.25, -0.2) is 0 Å². The fourth-order valence-electron chi connectivity index (χ4n) is 2.24. The van der Waals surface area contributed by atoms with Gasteiger partial charge in [0.05, 0.1) is 18.6 Å². The van der Waals surface area contributed by atoms with E-state index in [4.69, 9.17) is 9.47 Å². The molecule has 0 heterocycles. The molecule has 6 heteroatoms. The number of hydrogen-bond donors (Lipinski definition) is 2. The van der Waals surface area contributed by atoms with Crippen molar-refractivity contribution in [2.75, 3.05) is 20.3 Å². The molecule has 0 unspecified atom stereocenters. The number of phenols is 2. The van der Waals surface area contributed by atoms with Gasteiger partial charge in [0, 0.05) is 19.6 Å². The van der Waals surface area contributed by atoms with E-state index in [1.54, 1.807) is 0 Å². The van der Waals surface area contributed by atoms with Gasteiger partial charge in [-0.3, -0.25) is 9.59 Å². The summed E-state index contributed by atoms with van der Waals surface area (Å²) in [6.07, 6.45) is 2.71. The van der Waals surface area contributed by atoms with E-state index in [1.165, 1.54) is 13.2 Å². The molecule has 0 saturated heterocycles. The maximum absolute atomic E-state index is 12.3. The minimum atomic E-state index is -0.547. The van der Waals surface area contributed by atoms with E-state index in [-0.39, 0.29) is 54.5 Å². The maximum Gasteiger partial charge on any atom is 0.310 e. The standard InChI is InChI=1S/C17H24O6/c1-3-4-5-6-14(19)17-12(9-13(18)11-15(17)20)10-16(21)23-8-7-22-2/h9,11,18,20H,3-8,10H2,1-2H3. The lowest BCUT2D eigenvalue weighted by molar-refractivity contribution is -0.144. The highest BCUT2D eigenvalue weighted by Crippen LogP contribution is 2.29. The van der Waals surface area contributed by atoms with E-state index in [1.807, 2.05) is 6.92 Å². The van der Waals surface area contributed by atoms with Gasteiger partial charge >= 0.3 is 5.97 Å². The first-order valence-electron chi connectivity index (χ1n) is 7.72. The number of ketones is 1. The molecule has 23 heavy (non-hydrogen) atoms. The van der Waals surface area contributed by atoms with Gasteiger partial charge in [0.15, 0.2) is 5.78 Å². The summed E-state index contributed by atoms with van der Waals surface area (Å²) in [4.78, 5) is 24.1. The summed E-state index contributed by atoms with van der Waals surface area (Å²) in [5, 5.41) is 19.6. The topological polar surface area (TPSA) is 93.1 Å². The molecular formula is C17H24O6. The van der Waals surface area contributed by atoms with Gasteiger partial charge in [0.1, 0.15) is 18.1 Å². The molecule has 0 atom stereocenters. The lowest BCUT2D eigenvalue weighted by Crippen LogP contribution is -2.14. The van der Waals surface area contributed by atoms with Crippen LogP contribution in [0.3, 0.4) is 0 Å². The van der Waals surface area contributed by atoms with Crippen LogP contribution in [0.4, 0.5) is 0 Å². The second-order valence-corrected chi connectivity index (χ2v) is 5.27. The van der Waals surface area contributed by atoms with E-state index < -0.39 is 5.97 Å². The first kappa shape index (κ1) is 19.0. The molecule has 1 aromatic rings. The second-order valence-electron chi connectivity index (χ2n) is 5.27. The lowest BCUT2D eigenvalue weighted by atomic mass is 9.96. The van der Waals surface area contributed by atoms with Gasteiger partial charge in [-0.05, 0) is 18.1 Å². The molecule has 128 valence electrons. The van der Waals surface area contributed by atoms with Crippen LogP contribution in [0.1, 0.15) is 48.5 Å². The van der Waals surface area contributed by atoms with Crippen molar-refractivity contribution in [3.05, 3.63) is 23.3 Å². The molecule has 0 aromatic heterocycles. The molecule has 0 aliphatic rings. The normalized spacial score (nSPS) is 10.5. The SMILES string of the molecule is CCCCCC(=O)c1c(O)cc(O)cc1CC(=O)OCCOC. The smallest absolute Gasteiger partial charge is 0.310 e. The van der Waals surface area contributed by atoms with Gasteiger partial charge in [-0.15, -0.1) is 0 Å². The third-order valence-electron chi connectivity index (χ3n) is 3.36. The molecule has 0 fully saturated rings. The third kappa shape index (κ3) is 6.28. The highest BCUT2D eigenvalue weighted by Gasteiger charge is 2.20. The minimum absolute atomic E-state index is 0.0857. The predicted molar refractivity (Wildman–Crippen MR) is 84.8 cm³/mol. The van der Waals surface area contributed by atoms with Crippen molar-refractivity contribution < 1.29 is 29.3 Å². The van der Waals surface area contributed by atoms with Crippen LogP contribution in [0.25, 0.3) is 0 Å². The van der Waals surface area contributed by atoms with Crippen LogP contribution in [0.2, 0.25) is 0 Å². The summed E-state index contributed by atoms with van der Waals surface area (Å²) < 4.78 is 9.75. The van der Waals surface area contributed by atoms with Gasteiger partial charge < -0.3 is 19.7 Å². The Morgan fingerprint density at radius 2 is 1.87 bits per heavy atom. The van der Waals surface area contributed by atoms with Crippen molar-refractivity contribution in [1.82, 2.24) is 0 Å². The minimum Gasteiger partial charge on any atom is -0.508 e. The van der Waals surface area contributed by atoms with Crippen LogP contribution in [-0.4, -0.2) is 42.3 Å². The number of rotatable bonds is 10. The number of carbonyl (C=O) groups excluding carboxylic acids is 2. The molecule has 6 nitrogen and oxygen atoms in total. The molecule has 0 amide bonds. The molecule has 0 aliphatic carbocycles. The number of ether oxygens (including phenoxy) is 2. The number of hydrogen-bond acceptors (Lipinski definition) is 6. The highest BCUT2D eigenvalue weighted by atomic mass is 16.6. The Balaban J connectivity index is 2.88. The van der Waals surface area contributed by atoms with E-state index in [0.717, 1.165) is 18.9 Å². The van der Waals surface area contributed by atoms with Crippen LogP contribution >= 0.6 is 0 Å². The van der Waals surface area contributed by atoms with E-state index in [0.29, 0.717) is 6.42 Å². The number of aromatic hydroxyl groups is 2. The molecule has 0 radical (unpaired) electrons. The number of carbonyl (C=O) groups is 2. The van der Waals surface area contributed by atoms with Crippen LogP contribution in [0.15, 0.2) is 12.1 Å². The maximum atomic E-state index is 12.3. The predicted octanol–water partition coefficient (Wildman–Crippen LogP) is 2.59. The van der Waals surface area contributed by atoms with Crippen molar-refractivity contribution in [3.8, 4) is 11.5 Å². The van der Waals surface area contributed by atoms with Crippen LogP contribution in [0.5, 0.6) is 11.5 Å². The third-order valence-corrected chi connectivity index (χ3v) is 3.36. The Kier molecular flexibility index (Phi) is 8.11. The molecule has 0 aliphatic heterocycles. The number of Topliss-reactive ketones (excluding diaryl/α,β-unsaturated/α-hetero) is 1. The quantitative estimate of drug-likeness (QED) is 0.390. The number of phenolic OH excluding ortho intramolecular Hbond substituents is 2. The summed E-state index contributed by atoms with van der Waals surface area (Å²) in [6.45, 7) is 2.42. The lowest BCUT2D eigenvalue weighted by Gasteiger charge is -2.11. The van der Waals surface area contributed by atoms with Crippen LogP contribution in [0, 0.1) is 0 Å². The van der Waals surface area contributed by atoms with Crippen molar-refractivity contribution in [3.63, 3.8) is 0 Å².